The molecule has 6 rings (SSSR count). The first-order valence-corrected chi connectivity index (χ1v) is 13.1. The average Bonchev–Trinajstić information content (AvgIpc) is 3.37. The van der Waals surface area contributed by atoms with Crippen molar-refractivity contribution in [3.63, 3.8) is 0 Å². The molecule has 3 heterocycles. The van der Waals surface area contributed by atoms with E-state index >= 15 is 0 Å². The summed E-state index contributed by atoms with van der Waals surface area (Å²) in [4.78, 5) is 28.1. The zero-order valence-corrected chi connectivity index (χ0v) is 20.1. The second kappa shape index (κ2) is 9.75. The monoisotopic (exact) mass is 475 g/mol. The standard InChI is InChI=1S/C29H33NO5/c31-27(12-13-28-33-14-5-15-34-28)19-16-20-10-11-21(17-19)30(20)29(32)35-18-26-24-8-3-1-6-22(24)23-7-2-4-9-25(23)26/h1-4,6-9,19-21,26,28H,5,10-18H2. The predicted octanol–water partition coefficient (Wildman–Crippen LogP) is 5.29. The maximum absolute atomic E-state index is 13.2. The molecule has 3 fully saturated rings. The van der Waals surface area contributed by atoms with E-state index in [1.54, 1.807) is 0 Å². The molecule has 0 radical (unpaired) electrons. The first kappa shape index (κ1) is 22.7. The Morgan fingerprint density at radius 2 is 1.49 bits per heavy atom. The van der Waals surface area contributed by atoms with Gasteiger partial charge in [-0.15, -0.1) is 0 Å². The van der Waals surface area contributed by atoms with Crippen molar-refractivity contribution in [2.45, 2.75) is 69.2 Å². The molecule has 3 saturated heterocycles. The van der Waals surface area contributed by atoms with E-state index in [4.69, 9.17) is 14.2 Å². The molecule has 2 bridgehead atoms. The molecule has 0 saturated carbocycles. The number of hydrogen-bond donors (Lipinski definition) is 0. The van der Waals surface area contributed by atoms with Crippen molar-refractivity contribution in [1.29, 1.82) is 0 Å². The summed E-state index contributed by atoms with van der Waals surface area (Å²) in [6.45, 7) is 1.76. The van der Waals surface area contributed by atoms with E-state index in [2.05, 4.69) is 36.4 Å². The summed E-state index contributed by atoms with van der Waals surface area (Å²) in [5, 5.41) is 0. The molecule has 3 aliphatic heterocycles. The lowest BCUT2D eigenvalue weighted by Gasteiger charge is -2.38. The Labute approximate surface area is 206 Å². The number of Topliss-reactive ketones (excluding diaryl/α,β-unsaturated/α-hetero) is 1. The summed E-state index contributed by atoms with van der Waals surface area (Å²) in [7, 11) is 0. The maximum Gasteiger partial charge on any atom is 0.410 e. The lowest BCUT2D eigenvalue weighted by Crippen LogP contribution is -2.48. The third-order valence-electron chi connectivity index (χ3n) is 8.26. The maximum atomic E-state index is 13.2. The second-order valence-corrected chi connectivity index (χ2v) is 10.3. The highest BCUT2D eigenvalue weighted by molar-refractivity contribution is 5.82. The zero-order valence-electron chi connectivity index (χ0n) is 20.1. The number of benzene rings is 2. The van der Waals surface area contributed by atoms with Gasteiger partial charge in [-0.3, -0.25) is 4.79 Å². The molecule has 4 aliphatic rings. The van der Waals surface area contributed by atoms with Crippen molar-refractivity contribution in [3.8, 4) is 11.1 Å². The molecule has 2 unspecified atom stereocenters. The molecule has 0 spiro atoms. The van der Waals surface area contributed by atoms with E-state index in [0.717, 1.165) is 32.1 Å². The van der Waals surface area contributed by atoms with Crippen molar-refractivity contribution in [2.75, 3.05) is 19.8 Å². The third-order valence-corrected chi connectivity index (χ3v) is 8.26. The van der Waals surface area contributed by atoms with E-state index in [0.29, 0.717) is 32.7 Å². The lowest BCUT2D eigenvalue weighted by molar-refractivity contribution is -0.182. The molecule has 6 nitrogen and oxygen atoms in total. The first-order valence-electron chi connectivity index (χ1n) is 13.1. The van der Waals surface area contributed by atoms with Gasteiger partial charge in [-0.25, -0.2) is 4.79 Å². The number of nitrogens with zero attached hydrogens (tertiary/aromatic N) is 1. The molecule has 35 heavy (non-hydrogen) atoms. The van der Waals surface area contributed by atoms with E-state index in [9.17, 15) is 9.59 Å². The molecular weight excluding hydrogens is 442 g/mol. The number of ketones is 1. The van der Waals surface area contributed by atoms with Crippen LogP contribution in [0.2, 0.25) is 0 Å². The van der Waals surface area contributed by atoms with Gasteiger partial charge in [-0.2, -0.15) is 0 Å². The van der Waals surface area contributed by atoms with Gasteiger partial charge >= 0.3 is 6.09 Å². The van der Waals surface area contributed by atoms with Crippen LogP contribution in [0.25, 0.3) is 11.1 Å². The van der Waals surface area contributed by atoms with Gasteiger partial charge < -0.3 is 19.1 Å². The highest BCUT2D eigenvalue weighted by atomic mass is 16.7. The SMILES string of the molecule is O=C(CCC1OCCCO1)C1CC2CCC(C1)N2C(=O)OCC1c2ccccc2-c2ccccc21. The number of amides is 1. The molecular formula is C29H33NO5. The molecule has 2 aromatic rings. The molecule has 2 atom stereocenters. The number of carbonyl (C=O) groups is 2. The van der Waals surface area contributed by atoms with Crippen LogP contribution in [0.4, 0.5) is 4.79 Å². The van der Waals surface area contributed by atoms with Gasteiger partial charge in [-0.1, -0.05) is 48.5 Å². The third kappa shape index (κ3) is 4.38. The van der Waals surface area contributed by atoms with Crippen LogP contribution < -0.4 is 0 Å². The largest absolute Gasteiger partial charge is 0.448 e. The van der Waals surface area contributed by atoms with Crippen LogP contribution in [0, 0.1) is 5.92 Å². The van der Waals surface area contributed by atoms with Crippen LogP contribution in [0.5, 0.6) is 0 Å². The van der Waals surface area contributed by atoms with Gasteiger partial charge in [-0.05, 0) is 54.4 Å². The molecule has 6 heteroatoms. The number of carbonyl (C=O) groups excluding carboxylic acids is 2. The Kier molecular flexibility index (Phi) is 6.33. The van der Waals surface area contributed by atoms with Crippen LogP contribution in [-0.4, -0.2) is 55.0 Å². The second-order valence-electron chi connectivity index (χ2n) is 10.3. The van der Waals surface area contributed by atoms with E-state index in [1.807, 2.05) is 17.0 Å². The van der Waals surface area contributed by atoms with Crippen molar-refractivity contribution in [2.24, 2.45) is 5.92 Å². The number of fused-ring (bicyclic) bond motifs is 5. The molecule has 1 aliphatic carbocycles. The van der Waals surface area contributed by atoms with E-state index < -0.39 is 0 Å². The van der Waals surface area contributed by atoms with Crippen molar-refractivity contribution in [3.05, 3.63) is 59.7 Å². The Hall–Kier alpha value is -2.70. The normalized spacial score (nSPS) is 25.8. The van der Waals surface area contributed by atoms with Crippen molar-refractivity contribution >= 4 is 11.9 Å². The summed E-state index contributed by atoms with van der Waals surface area (Å²) in [6, 6.07) is 17.0. The quantitative estimate of drug-likeness (QED) is 0.568. The minimum Gasteiger partial charge on any atom is -0.448 e. The highest BCUT2D eigenvalue weighted by Gasteiger charge is 2.46. The summed E-state index contributed by atoms with van der Waals surface area (Å²) >= 11 is 0. The van der Waals surface area contributed by atoms with E-state index in [1.165, 1.54) is 22.3 Å². The first-order chi connectivity index (χ1) is 17.2. The van der Waals surface area contributed by atoms with Gasteiger partial charge in [0.05, 0.1) is 13.2 Å². The molecule has 1 amide bonds. The van der Waals surface area contributed by atoms with Crippen molar-refractivity contribution in [1.82, 2.24) is 4.90 Å². The van der Waals surface area contributed by atoms with Gasteiger partial charge in [0.25, 0.3) is 0 Å². The number of hydrogen-bond acceptors (Lipinski definition) is 5. The molecule has 0 aromatic heterocycles. The fraction of sp³-hybridized carbons (Fsp3) is 0.517. The fourth-order valence-electron chi connectivity index (χ4n) is 6.57. The van der Waals surface area contributed by atoms with E-state index in [-0.39, 0.29) is 42.1 Å². The Morgan fingerprint density at radius 3 is 2.11 bits per heavy atom. The van der Waals surface area contributed by atoms with Crippen LogP contribution in [0.15, 0.2) is 48.5 Å². The van der Waals surface area contributed by atoms with Crippen LogP contribution in [0.1, 0.15) is 62.0 Å². The minimum atomic E-state index is -0.245. The molecule has 2 aromatic carbocycles. The lowest BCUT2D eigenvalue weighted by atomic mass is 9.86. The summed E-state index contributed by atoms with van der Waals surface area (Å²) in [5.74, 6) is 0.368. The molecule has 184 valence electrons. The number of ether oxygens (including phenoxy) is 3. The number of piperidine rings is 1. The zero-order chi connectivity index (χ0) is 23.8. The Bertz CT molecular complexity index is 1030. The predicted molar refractivity (Wildman–Crippen MR) is 131 cm³/mol. The summed E-state index contributed by atoms with van der Waals surface area (Å²) < 4.78 is 17.1. The average molecular weight is 476 g/mol. The highest BCUT2D eigenvalue weighted by Crippen LogP contribution is 2.45. The summed E-state index contributed by atoms with van der Waals surface area (Å²) in [5.41, 5.74) is 4.90. The van der Waals surface area contributed by atoms with Crippen LogP contribution >= 0.6 is 0 Å². The topological polar surface area (TPSA) is 65.1 Å². The van der Waals surface area contributed by atoms with Crippen molar-refractivity contribution < 1.29 is 23.8 Å². The fourth-order valence-corrected chi connectivity index (χ4v) is 6.57. The van der Waals surface area contributed by atoms with Crippen LogP contribution in [0.3, 0.4) is 0 Å². The molecule has 0 N–H and O–H groups in total. The Balaban J connectivity index is 1.06. The van der Waals surface area contributed by atoms with Gasteiger partial charge in [0, 0.05) is 36.8 Å². The van der Waals surface area contributed by atoms with Gasteiger partial charge in [0.2, 0.25) is 0 Å². The van der Waals surface area contributed by atoms with Gasteiger partial charge in [0.1, 0.15) is 12.4 Å². The van der Waals surface area contributed by atoms with Gasteiger partial charge in [0.15, 0.2) is 6.29 Å². The minimum absolute atomic E-state index is 0.0220. The van der Waals surface area contributed by atoms with Crippen LogP contribution in [-0.2, 0) is 19.0 Å². The smallest absolute Gasteiger partial charge is 0.410 e. The summed E-state index contributed by atoms with van der Waals surface area (Å²) in [6.07, 6.45) is 4.95. The number of rotatable bonds is 6. The Morgan fingerprint density at radius 1 is 0.886 bits per heavy atom.